The number of nitrogens with zero attached hydrogens (tertiary/aromatic N) is 2. The molecule has 0 aliphatic heterocycles. The average Bonchev–Trinajstić information content (AvgIpc) is 2.80. The predicted molar refractivity (Wildman–Crippen MR) is 78.4 cm³/mol. The summed E-state index contributed by atoms with van der Waals surface area (Å²) in [7, 11) is 0. The highest BCUT2D eigenvalue weighted by molar-refractivity contribution is 6.13. The molecular formula is C17H12N2O2. The topological polar surface area (TPSA) is 66.0 Å². The van der Waals surface area contributed by atoms with E-state index >= 15 is 0 Å². The zero-order chi connectivity index (χ0) is 15.0. The fourth-order valence-electron chi connectivity index (χ4n) is 2.39. The van der Waals surface area contributed by atoms with Gasteiger partial charge in [0, 0.05) is 10.9 Å². The summed E-state index contributed by atoms with van der Waals surface area (Å²) in [6.45, 7) is 1.93. The van der Waals surface area contributed by atoms with Gasteiger partial charge in [-0.2, -0.15) is 9.99 Å². The summed E-state index contributed by atoms with van der Waals surface area (Å²) >= 11 is 0. The standard InChI is InChI=1S/C17H12N2O2/c1-11-6-8-12(9-7-11)17(20)16-14(10-18)13-4-2-3-5-15(13)19(16)21/h2-9,21H,1H3. The van der Waals surface area contributed by atoms with Gasteiger partial charge in [0.15, 0.2) is 0 Å². The Kier molecular flexibility index (Phi) is 2.96. The molecule has 1 aromatic heterocycles. The van der Waals surface area contributed by atoms with E-state index in [1.54, 1.807) is 36.4 Å². The predicted octanol–water partition coefficient (Wildman–Crippen LogP) is 3.29. The van der Waals surface area contributed by atoms with Crippen LogP contribution in [0, 0.1) is 18.3 Å². The maximum atomic E-state index is 12.6. The zero-order valence-corrected chi connectivity index (χ0v) is 11.4. The minimum absolute atomic E-state index is 0.00236. The maximum absolute atomic E-state index is 12.6. The average molecular weight is 276 g/mol. The summed E-state index contributed by atoms with van der Waals surface area (Å²) in [5.74, 6) is -0.370. The second kappa shape index (κ2) is 4.80. The van der Waals surface area contributed by atoms with Crippen LogP contribution in [0.1, 0.15) is 27.2 Å². The van der Waals surface area contributed by atoms with Crippen molar-refractivity contribution in [2.45, 2.75) is 6.92 Å². The van der Waals surface area contributed by atoms with E-state index < -0.39 is 0 Å². The molecule has 0 unspecified atom stereocenters. The molecule has 0 radical (unpaired) electrons. The molecule has 0 aliphatic carbocycles. The van der Waals surface area contributed by atoms with Crippen LogP contribution in [0.4, 0.5) is 0 Å². The summed E-state index contributed by atoms with van der Waals surface area (Å²) < 4.78 is 0.802. The Bertz CT molecular complexity index is 884. The SMILES string of the molecule is Cc1ccc(C(=O)c2c(C#N)c3ccccc3n2O)cc1. The third-order valence-corrected chi connectivity index (χ3v) is 3.49. The highest BCUT2D eigenvalue weighted by Crippen LogP contribution is 2.26. The normalized spacial score (nSPS) is 10.5. The van der Waals surface area contributed by atoms with Crippen LogP contribution < -0.4 is 0 Å². The van der Waals surface area contributed by atoms with Crippen LogP contribution in [-0.2, 0) is 0 Å². The summed E-state index contributed by atoms with van der Waals surface area (Å²) in [6, 6.07) is 15.9. The summed E-state index contributed by atoms with van der Waals surface area (Å²) in [4.78, 5) is 12.6. The summed E-state index contributed by atoms with van der Waals surface area (Å²) in [5.41, 5.74) is 2.12. The van der Waals surface area contributed by atoms with Crippen molar-refractivity contribution >= 4 is 16.7 Å². The van der Waals surface area contributed by atoms with Gasteiger partial charge in [-0.15, -0.1) is 0 Å². The van der Waals surface area contributed by atoms with Crippen LogP contribution >= 0.6 is 0 Å². The van der Waals surface area contributed by atoms with Crippen LogP contribution in [-0.4, -0.2) is 15.7 Å². The summed E-state index contributed by atoms with van der Waals surface area (Å²) in [5, 5.41) is 20.1. The number of carbonyl (C=O) groups is 1. The molecule has 102 valence electrons. The van der Waals surface area contributed by atoms with E-state index in [0.29, 0.717) is 16.5 Å². The fourth-order valence-corrected chi connectivity index (χ4v) is 2.39. The van der Waals surface area contributed by atoms with Gasteiger partial charge in [-0.3, -0.25) is 4.79 Å². The zero-order valence-electron chi connectivity index (χ0n) is 11.4. The molecule has 0 saturated heterocycles. The van der Waals surface area contributed by atoms with Gasteiger partial charge in [-0.1, -0.05) is 48.0 Å². The molecule has 0 bridgehead atoms. The van der Waals surface area contributed by atoms with E-state index in [4.69, 9.17) is 0 Å². The first-order chi connectivity index (χ1) is 10.1. The lowest BCUT2D eigenvalue weighted by Gasteiger charge is -2.03. The minimum Gasteiger partial charge on any atom is -0.428 e. The van der Waals surface area contributed by atoms with Crippen molar-refractivity contribution < 1.29 is 10.0 Å². The van der Waals surface area contributed by atoms with Crippen molar-refractivity contribution in [1.82, 2.24) is 4.73 Å². The molecule has 3 aromatic rings. The number of aryl methyl sites for hydroxylation is 1. The lowest BCUT2D eigenvalue weighted by atomic mass is 10.0. The third-order valence-electron chi connectivity index (χ3n) is 3.49. The van der Waals surface area contributed by atoms with Gasteiger partial charge in [0.1, 0.15) is 11.8 Å². The van der Waals surface area contributed by atoms with Crippen molar-refractivity contribution in [2.75, 3.05) is 0 Å². The van der Waals surface area contributed by atoms with Gasteiger partial charge in [0.2, 0.25) is 5.78 Å². The molecule has 0 fully saturated rings. The second-order valence-electron chi connectivity index (χ2n) is 4.86. The molecule has 1 N–H and O–H groups in total. The van der Waals surface area contributed by atoms with Crippen LogP contribution in [0.2, 0.25) is 0 Å². The Labute approximate surface area is 121 Å². The second-order valence-corrected chi connectivity index (χ2v) is 4.86. The highest BCUT2D eigenvalue weighted by Gasteiger charge is 2.23. The highest BCUT2D eigenvalue weighted by atomic mass is 16.5. The first-order valence-corrected chi connectivity index (χ1v) is 6.47. The van der Waals surface area contributed by atoms with Crippen LogP contribution in [0.25, 0.3) is 10.9 Å². The quantitative estimate of drug-likeness (QED) is 0.577. The minimum atomic E-state index is -0.370. The van der Waals surface area contributed by atoms with Gasteiger partial charge >= 0.3 is 0 Å². The molecule has 0 atom stereocenters. The van der Waals surface area contributed by atoms with Crippen molar-refractivity contribution in [3.05, 3.63) is 70.9 Å². The third kappa shape index (κ3) is 1.96. The molecule has 0 aliphatic rings. The van der Waals surface area contributed by atoms with Crippen molar-refractivity contribution in [2.24, 2.45) is 0 Å². The van der Waals surface area contributed by atoms with Gasteiger partial charge < -0.3 is 5.21 Å². The van der Waals surface area contributed by atoms with E-state index in [2.05, 4.69) is 0 Å². The fraction of sp³-hybridized carbons (Fsp3) is 0.0588. The van der Waals surface area contributed by atoms with Gasteiger partial charge in [0.25, 0.3) is 0 Å². The lowest BCUT2D eigenvalue weighted by molar-refractivity contribution is 0.0991. The Balaban J connectivity index is 2.25. The maximum Gasteiger partial charge on any atom is 0.214 e. The van der Waals surface area contributed by atoms with E-state index in [-0.39, 0.29) is 17.0 Å². The van der Waals surface area contributed by atoms with Gasteiger partial charge in [-0.05, 0) is 13.0 Å². The van der Waals surface area contributed by atoms with Gasteiger partial charge in [0.05, 0.1) is 11.1 Å². The first-order valence-electron chi connectivity index (χ1n) is 6.47. The smallest absolute Gasteiger partial charge is 0.214 e. The molecule has 1 heterocycles. The van der Waals surface area contributed by atoms with Crippen molar-refractivity contribution in [3.8, 4) is 6.07 Å². The van der Waals surface area contributed by atoms with E-state index in [0.717, 1.165) is 10.3 Å². The number of nitriles is 1. The number of hydrogen-bond donors (Lipinski definition) is 1. The van der Waals surface area contributed by atoms with Crippen LogP contribution in [0.15, 0.2) is 48.5 Å². The molecule has 4 heteroatoms. The largest absolute Gasteiger partial charge is 0.428 e. The van der Waals surface area contributed by atoms with Crippen molar-refractivity contribution in [1.29, 1.82) is 5.26 Å². The number of ketones is 1. The van der Waals surface area contributed by atoms with Gasteiger partial charge in [-0.25, -0.2) is 0 Å². The lowest BCUT2D eigenvalue weighted by Crippen LogP contribution is -2.09. The number of hydrogen-bond acceptors (Lipinski definition) is 3. The number of benzene rings is 2. The van der Waals surface area contributed by atoms with E-state index in [9.17, 15) is 15.3 Å². The Morgan fingerprint density at radius 2 is 1.81 bits per heavy atom. The van der Waals surface area contributed by atoms with Crippen molar-refractivity contribution in [3.63, 3.8) is 0 Å². The Morgan fingerprint density at radius 3 is 2.48 bits per heavy atom. The molecule has 0 amide bonds. The molecule has 2 aromatic carbocycles. The number of aromatic nitrogens is 1. The molecule has 21 heavy (non-hydrogen) atoms. The number of para-hydroxylation sites is 1. The van der Waals surface area contributed by atoms with Crippen LogP contribution in [0.5, 0.6) is 0 Å². The number of fused-ring (bicyclic) bond motifs is 1. The van der Waals surface area contributed by atoms with E-state index in [1.165, 1.54) is 0 Å². The Morgan fingerprint density at radius 1 is 1.14 bits per heavy atom. The first kappa shape index (κ1) is 12.9. The molecule has 0 saturated carbocycles. The van der Waals surface area contributed by atoms with E-state index in [1.807, 2.05) is 25.1 Å². The molecule has 4 nitrogen and oxygen atoms in total. The monoisotopic (exact) mass is 276 g/mol. The number of carbonyl (C=O) groups excluding carboxylic acids is 1. The summed E-state index contributed by atoms with van der Waals surface area (Å²) in [6.07, 6.45) is 0. The van der Waals surface area contributed by atoms with Crippen LogP contribution in [0.3, 0.4) is 0 Å². The molecule has 3 rings (SSSR count). The molecular weight excluding hydrogens is 264 g/mol. The molecule has 0 spiro atoms. The Hall–Kier alpha value is -3.06. The number of rotatable bonds is 2.